The Hall–Kier alpha value is -3.07. The van der Waals surface area contributed by atoms with Crippen LogP contribution in [0.4, 0.5) is 4.39 Å². The number of hydrogen-bond acceptors (Lipinski definition) is 5. The van der Waals surface area contributed by atoms with Crippen molar-refractivity contribution in [1.82, 2.24) is 20.1 Å². The highest BCUT2D eigenvalue weighted by molar-refractivity contribution is 7.91. The molecule has 1 amide bonds. The Morgan fingerprint density at radius 2 is 2.00 bits per heavy atom. The van der Waals surface area contributed by atoms with E-state index in [4.69, 9.17) is 0 Å². The van der Waals surface area contributed by atoms with Crippen LogP contribution in [0.15, 0.2) is 54.9 Å². The van der Waals surface area contributed by atoms with Gasteiger partial charge in [0.1, 0.15) is 5.82 Å². The molecule has 1 saturated heterocycles. The Kier molecular flexibility index (Phi) is 5.63. The first-order valence-corrected chi connectivity index (χ1v) is 11.5. The van der Waals surface area contributed by atoms with Crippen molar-refractivity contribution in [2.75, 3.05) is 18.1 Å². The van der Waals surface area contributed by atoms with E-state index in [0.29, 0.717) is 25.2 Å². The highest BCUT2D eigenvalue weighted by Crippen LogP contribution is 2.26. The molecule has 1 aliphatic heterocycles. The molecule has 1 aliphatic rings. The fourth-order valence-corrected chi connectivity index (χ4v) is 5.27. The van der Waals surface area contributed by atoms with Gasteiger partial charge in [0.05, 0.1) is 35.4 Å². The summed E-state index contributed by atoms with van der Waals surface area (Å²) in [6, 6.07) is 11.7. The number of nitrogens with one attached hydrogen (secondary N) is 1. The molecule has 2 aromatic heterocycles. The highest BCUT2D eigenvalue weighted by atomic mass is 32.2. The molecule has 0 radical (unpaired) electrons. The van der Waals surface area contributed by atoms with Crippen LogP contribution in [-0.2, 0) is 21.2 Å². The Balaban J connectivity index is 1.51. The third-order valence-electron chi connectivity index (χ3n) is 5.10. The average Bonchev–Trinajstić information content (AvgIpc) is 3.32. The van der Waals surface area contributed by atoms with Gasteiger partial charge >= 0.3 is 0 Å². The van der Waals surface area contributed by atoms with Crippen molar-refractivity contribution >= 4 is 15.7 Å². The number of hydrogen-bond donors (Lipinski definition) is 1. The zero-order valence-electron chi connectivity index (χ0n) is 16.2. The van der Waals surface area contributed by atoms with Crippen LogP contribution in [0.1, 0.15) is 6.42 Å². The first-order valence-electron chi connectivity index (χ1n) is 9.64. The normalized spacial score (nSPS) is 17.7. The lowest BCUT2D eigenvalue weighted by molar-refractivity contribution is -0.124. The summed E-state index contributed by atoms with van der Waals surface area (Å²) in [6.45, 7) is 0.712. The summed E-state index contributed by atoms with van der Waals surface area (Å²) in [5, 5.41) is 7.44. The molecule has 0 spiro atoms. The Bertz CT molecular complexity index is 1140. The molecule has 156 valence electrons. The molecule has 30 heavy (non-hydrogen) atoms. The van der Waals surface area contributed by atoms with E-state index < -0.39 is 15.8 Å². The molecular weight excluding hydrogens is 407 g/mol. The van der Waals surface area contributed by atoms with E-state index in [9.17, 15) is 17.6 Å². The van der Waals surface area contributed by atoms with E-state index in [-0.39, 0.29) is 23.2 Å². The van der Waals surface area contributed by atoms with Crippen molar-refractivity contribution in [2.24, 2.45) is 5.92 Å². The van der Waals surface area contributed by atoms with Crippen LogP contribution in [0.2, 0.25) is 0 Å². The monoisotopic (exact) mass is 428 g/mol. The number of carbonyl (C=O) groups is 1. The number of pyridine rings is 1. The quantitative estimate of drug-likeness (QED) is 0.650. The maximum Gasteiger partial charge on any atom is 0.224 e. The maximum atomic E-state index is 13.3. The van der Waals surface area contributed by atoms with Gasteiger partial charge in [-0.2, -0.15) is 5.10 Å². The minimum absolute atomic E-state index is 0.0659. The van der Waals surface area contributed by atoms with Crippen LogP contribution in [0.3, 0.4) is 0 Å². The molecular formula is C21H21FN4O3S. The van der Waals surface area contributed by atoms with E-state index in [0.717, 1.165) is 16.8 Å². The first kappa shape index (κ1) is 20.2. The summed E-state index contributed by atoms with van der Waals surface area (Å²) < 4.78 is 38.2. The molecule has 1 unspecified atom stereocenters. The molecule has 9 heteroatoms. The molecule has 3 aromatic rings. The fourth-order valence-electron chi connectivity index (χ4n) is 3.53. The second-order valence-corrected chi connectivity index (χ2v) is 9.51. The van der Waals surface area contributed by atoms with Crippen molar-refractivity contribution in [3.05, 3.63) is 60.7 Å². The van der Waals surface area contributed by atoms with Gasteiger partial charge in [0.2, 0.25) is 5.91 Å². The van der Waals surface area contributed by atoms with Gasteiger partial charge in [-0.15, -0.1) is 0 Å². The van der Waals surface area contributed by atoms with Gasteiger partial charge in [-0.1, -0.05) is 0 Å². The van der Waals surface area contributed by atoms with Crippen molar-refractivity contribution < 1.29 is 17.6 Å². The van der Waals surface area contributed by atoms with Crippen LogP contribution in [-0.4, -0.2) is 47.1 Å². The summed E-state index contributed by atoms with van der Waals surface area (Å²) >= 11 is 0. The van der Waals surface area contributed by atoms with Gasteiger partial charge in [0.25, 0.3) is 0 Å². The van der Waals surface area contributed by atoms with Crippen LogP contribution in [0.5, 0.6) is 0 Å². The summed E-state index contributed by atoms with van der Waals surface area (Å²) in [5.41, 5.74) is 3.15. The van der Waals surface area contributed by atoms with Gasteiger partial charge in [-0.3, -0.25) is 14.5 Å². The number of halogens is 1. The van der Waals surface area contributed by atoms with Gasteiger partial charge in [0, 0.05) is 30.1 Å². The summed E-state index contributed by atoms with van der Waals surface area (Å²) in [4.78, 5) is 16.4. The second-order valence-electron chi connectivity index (χ2n) is 7.28. The first-order chi connectivity index (χ1) is 14.4. The molecule has 1 atom stereocenters. The fraction of sp³-hybridized carbons (Fsp3) is 0.286. The van der Waals surface area contributed by atoms with Crippen molar-refractivity contribution in [3.63, 3.8) is 0 Å². The second kappa shape index (κ2) is 8.35. The van der Waals surface area contributed by atoms with E-state index in [2.05, 4.69) is 15.4 Å². The topological polar surface area (TPSA) is 93.9 Å². The number of sulfone groups is 1. The maximum absolute atomic E-state index is 13.3. The van der Waals surface area contributed by atoms with E-state index in [1.807, 2.05) is 18.2 Å². The third kappa shape index (κ3) is 4.56. The minimum atomic E-state index is -3.10. The van der Waals surface area contributed by atoms with E-state index in [1.165, 1.54) is 12.1 Å². The number of rotatable bonds is 6. The summed E-state index contributed by atoms with van der Waals surface area (Å²) in [6.07, 6.45) is 3.77. The molecule has 1 N–H and O–H groups in total. The van der Waals surface area contributed by atoms with Crippen LogP contribution in [0.25, 0.3) is 22.5 Å². The molecule has 1 aromatic carbocycles. The van der Waals surface area contributed by atoms with Crippen LogP contribution in [0, 0.1) is 11.7 Å². The molecule has 3 heterocycles. The molecule has 0 aliphatic carbocycles. The number of aromatic nitrogens is 3. The predicted molar refractivity (Wildman–Crippen MR) is 111 cm³/mol. The predicted octanol–water partition coefficient (Wildman–Crippen LogP) is 2.30. The van der Waals surface area contributed by atoms with Gasteiger partial charge in [-0.25, -0.2) is 12.8 Å². The number of carbonyl (C=O) groups excluding carboxylic acids is 1. The zero-order chi connectivity index (χ0) is 21.1. The third-order valence-corrected chi connectivity index (χ3v) is 6.87. The van der Waals surface area contributed by atoms with Crippen molar-refractivity contribution in [1.29, 1.82) is 0 Å². The Morgan fingerprint density at radius 3 is 2.67 bits per heavy atom. The lowest BCUT2D eigenvalue weighted by Crippen LogP contribution is -2.33. The standard InChI is InChI=1S/C21H21FN4O3S/c22-18-5-3-15(4-6-18)19-12-20(16-2-1-8-23-13-16)26(25-19)10-9-24-21(27)17-7-11-30(28,29)14-17/h1-6,8,12-13,17H,7,9-11,14H2,(H,24,27). The lowest BCUT2D eigenvalue weighted by Gasteiger charge is -2.11. The average molecular weight is 428 g/mol. The smallest absolute Gasteiger partial charge is 0.224 e. The molecule has 4 rings (SSSR count). The molecule has 1 fully saturated rings. The summed E-state index contributed by atoms with van der Waals surface area (Å²) in [5.74, 6) is -1.07. The number of amides is 1. The van der Waals surface area contributed by atoms with Gasteiger partial charge in [-0.05, 0) is 48.9 Å². The zero-order valence-corrected chi connectivity index (χ0v) is 17.0. The Labute approximate surface area is 173 Å². The number of nitrogens with zero attached hydrogens (tertiary/aromatic N) is 3. The van der Waals surface area contributed by atoms with E-state index >= 15 is 0 Å². The van der Waals surface area contributed by atoms with Gasteiger partial charge in [0.15, 0.2) is 9.84 Å². The van der Waals surface area contributed by atoms with Crippen molar-refractivity contribution in [2.45, 2.75) is 13.0 Å². The van der Waals surface area contributed by atoms with Crippen molar-refractivity contribution in [3.8, 4) is 22.5 Å². The molecule has 0 bridgehead atoms. The molecule has 0 saturated carbocycles. The summed E-state index contributed by atoms with van der Waals surface area (Å²) in [7, 11) is -3.10. The highest BCUT2D eigenvalue weighted by Gasteiger charge is 2.32. The van der Waals surface area contributed by atoms with Gasteiger partial charge < -0.3 is 5.32 Å². The molecule has 7 nitrogen and oxygen atoms in total. The number of benzene rings is 1. The SMILES string of the molecule is O=C(NCCn1nc(-c2ccc(F)cc2)cc1-c1cccnc1)C1CCS(=O)(=O)C1. The lowest BCUT2D eigenvalue weighted by atomic mass is 10.1. The Morgan fingerprint density at radius 1 is 1.20 bits per heavy atom. The van der Waals surface area contributed by atoms with Crippen LogP contribution >= 0.6 is 0 Å². The minimum Gasteiger partial charge on any atom is -0.354 e. The van der Waals surface area contributed by atoms with Crippen LogP contribution < -0.4 is 5.32 Å². The largest absolute Gasteiger partial charge is 0.354 e. The van der Waals surface area contributed by atoms with E-state index in [1.54, 1.807) is 29.2 Å².